The molecule has 0 rings (SSSR count). The number of carbonyl (C=O) groups is 2. The summed E-state index contributed by atoms with van der Waals surface area (Å²) < 4.78 is 34.5. The predicted molar refractivity (Wildman–Crippen MR) is 270 cm³/mol. The Balaban J connectivity index is 4.23. The van der Waals surface area contributed by atoms with E-state index in [0.717, 1.165) is 64.2 Å². The van der Waals surface area contributed by atoms with E-state index in [4.69, 9.17) is 18.5 Å². The van der Waals surface area contributed by atoms with E-state index < -0.39 is 26.5 Å². The number of unbranched alkanes of at least 4 members (excludes halogenated alkanes) is 26. The highest BCUT2D eigenvalue weighted by atomic mass is 31.2. The third kappa shape index (κ3) is 49.4. The van der Waals surface area contributed by atoms with Gasteiger partial charge >= 0.3 is 19.8 Å². The molecule has 64 heavy (non-hydrogen) atoms. The van der Waals surface area contributed by atoms with E-state index in [9.17, 15) is 19.0 Å². The van der Waals surface area contributed by atoms with E-state index in [-0.39, 0.29) is 32.0 Å². The van der Waals surface area contributed by atoms with E-state index in [1.165, 1.54) is 135 Å². The fourth-order valence-corrected chi connectivity index (χ4v) is 7.93. The number of hydrogen-bond donors (Lipinski definition) is 1. The van der Waals surface area contributed by atoms with Gasteiger partial charge in [0.2, 0.25) is 0 Å². The number of ether oxygens (including phenoxy) is 2. The zero-order valence-electron chi connectivity index (χ0n) is 42.3. The van der Waals surface area contributed by atoms with Crippen molar-refractivity contribution in [1.29, 1.82) is 0 Å². The lowest BCUT2D eigenvalue weighted by molar-refractivity contribution is -0.870. The third-order valence-electron chi connectivity index (χ3n) is 11.3. The van der Waals surface area contributed by atoms with Crippen molar-refractivity contribution in [2.75, 3.05) is 47.5 Å². The number of phosphoric acid groups is 1. The molecule has 0 radical (unpaired) electrons. The smallest absolute Gasteiger partial charge is 0.462 e. The van der Waals surface area contributed by atoms with Crippen LogP contribution in [-0.4, -0.2) is 74.9 Å². The summed E-state index contributed by atoms with van der Waals surface area (Å²) in [5.41, 5.74) is 0. The number of nitrogens with zero attached hydrogens (tertiary/aromatic N) is 1. The van der Waals surface area contributed by atoms with Crippen molar-refractivity contribution in [2.24, 2.45) is 0 Å². The number of phosphoric ester groups is 1. The van der Waals surface area contributed by atoms with Crippen molar-refractivity contribution in [3.8, 4) is 0 Å². The molecule has 0 aliphatic carbocycles. The molecule has 9 nitrogen and oxygen atoms in total. The molecule has 0 aliphatic rings. The lowest BCUT2D eigenvalue weighted by Gasteiger charge is -2.24. The standard InChI is InChI=1S/C54H100NO8P/c1-6-8-10-12-14-16-18-20-22-24-25-26-27-28-29-31-33-35-37-39-41-43-45-47-54(57)63-52(51-62-64(58,59)61-49-48-55(3,4)5)50-60-53(56)46-44-42-40-38-36-34-32-30-23-21-19-17-15-13-11-9-7-2/h15,17-18,20-21,23-25,52H,6-14,16,19,22,26-51H2,1-5H3/p+1/b17-15-,20-18-,23-21-,25-24-. The van der Waals surface area contributed by atoms with Crippen LogP contribution in [0.4, 0.5) is 0 Å². The first-order chi connectivity index (χ1) is 31.0. The van der Waals surface area contributed by atoms with Gasteiger partial charge < -0.3 is 18.9 Å². The number of allylic oxidation sites excluding steroid dienone is 8. The van der Waals surface area contributed by atoms with Crippen LogP contribution in [0.5, 0.6) is 0 Å². The van der Waals surface area contributed by atoms with Crippen molar-refractivity contribution in [3.05, 3.63) is 48.6 Å². The molecule has 0 saturated heterocycles. The number of carbonyl (C=O) groups excluding carboxylic acids is 2. The number of hydrogen-bond acceptors (Lipinski definition) is 7. The molecule has 10 heteroatoms. The molecule has 2 unspecified atom stereocenters. The van der Waals surface area contributed by atoms with E-state index in [1.54, 1.807) is 0 Å². The first-order valence-electron chi connectivity index (χ1n) is 26.4. The van der Waals surface area contributed by atoms with Gasteiger partial charge in [0.15, 0.2) is 6.10 Å². The van der Waals surface area contributed by atoms with Gasteiger partial charge in [-0.25, -0.2) is 4.57 Å². The second-order valence-corrected chi connectivity index (χ2v) is 20.4. The average Bonchev–Trinajstić information content (AvgIpc) is 3.25. The summed E-state index contributed by atoms with van der Waals surface area (Å²) in [6.45, 7) is 4.40. The van der Waals surface area contributed by atoms with Crippen LogP contribution in [0.2, 0.25) is 0 Å². The number of esters is 2. The van der Waals surface area contributed by atoms with E-state index in [2.05, 4.69) is 62.5 Å². The second-order valence-electron chi connectivity index (χ2n) is 18.9. The topological polar surface area (TPSA) is 108 Å². The third-order valence-corrected chi connectivity index (χ3v) is 12.3. The molecule has 0 aromatic rings. The Kier molecular flexibility index (Phi) is 44.6. The van der Waals surface area contributed by atoms with Crippen molar-refractivity contribution in [2.45, 2.75) is 238 Å². The molecule has 0 saturated carbocycles. The summed E-state index contributed by atoms with van der Waals surface area (Å²) >= 11 is 0. The van der Waals surface area contributed by atoms with Gasteiger partial charge in [-0.2, -0.15) is 0 Å². The Morgan fingerprint density at radius 1 is 0.484 bits per heavy atom. The van der Waals surface area contributed by atoms with E-state index in [1.807, 2.05) is 21.1 Å². The summed E-state index contributed by atoms with van der Waals surface area (Å²) in [6.07, 6.45) is 55.9. The molecule has 2 atom stereocenters. The highest BCUT2D eigenvalue weighted by Crippen LogP contribution is 2.43. The minimum absolute atomic E-state index is 0.0292. The fourth-order valence-electron chi connectivity index (χ4n) is 7.19. The Morgan fingerprint density at radius 3 is 1.27 bits per heavy atom. The lowest BCUT2D eigenvalue weighted by Crippen LogP contribution is -2.37. The largest absolute Gasteiger partial charge is 0.472 e. The van der Waals surface area contributed by atoms with Crippen molar-refractivity contribution < 1.29 is 42.1 Å². The average molecular weight is 923 g/mol. The van der Waals surface area contributed by atoms with Gasteiger partial charge in [-0.15, -0.1) is 0 Å². The van der Waals surface area contributed by atoms with Crippen molar-refractivity contribution in [3.63, 3.8) is 0 Å². The van der Waals surface area contributed by atoms with Crippen LogP contribution in [0, 0.1) is 0 Å². The van der Waals surface area contributed by atoms with Crippen molar-refractivity contribution >= 4 is 19.8 Å². The van der Waals surface area contributed by atoms with Crippen LogP contribution in [0.25, 0.3) is 0 Å². The molecular formula is C54H101NO8P+. The van der Waals surface area contributed by atoms with Crippen molar-refractivity contribution in [1.82, 2.24) is 0 Å². The number of likely N-dealkylation sites (N-methyl/N-ethyl adjacent to an activating group) is 1. The summed E-state index contributed by atoms with van der Waals surface area (Å²) in [6, 6.07) is 0. The number of quaternary nitrogens is 1. The molecular weight excluding hydrogens is 822 g/mol. The first-order valence-corrected chi connectivity index (χ1v) is 27.9. The summed E-state index contributed by atoms with van der Waals surface area (Å²) in [5.74, 6) is -0.805. The zero-order chi connectivity index (χ0) is 47.1. The van der Waals surface area contributed by atoms with Crippen LogP contribution < -0.4 is 0 Å². The van der Waals surface area contributed by atoms with Crippen LogP contribution in [0.15, 0.2) is 48.6 Å². The van der Waals surface area contributed by atoms with Gasteiger partial charge in [-0.3, -0.25) is 18.6 Å². The van der Waals surface area contributed by atoms with Gasteiger partial charge in [-0.1, -0.05) is 191 Å². The van der Waals surface area contributed by atoms with Gasteiger partial charge in [0.05, 0.1) is 27.7 Å². The Hall–Kier alpha value is -2.03. The summed E-state index contributed by atoms with van der Waals surface area (Å²) in [4.78, 5) is 35.6. The quantitative estimate of drug-likeness (QED) is 0.0211. The van der Waals surface area contributed by atoms with Crippen LogP contribution in [0.3, 0.4) is 0 Å². The highest BCUT2D eigenvalue weighted by Gasteiger charge is 2.27. The highest BCUT2D eigenvalue weighted by molar-refractivity contribution is 7.47. The molecule has 0 amide bonds. The van der Waals surface area contributed by atoms with Crippen LogP contribution >= 0.6 is 7.82 Å². The number of rotatable bonds is 48. The van der Waals surface area contributed by atoms with Gasteiger partial charge in [0.25, 0.3) is 0 Å². The molecule has 0 aromatic carbocycles. The monoisotopic (exact) mass is 923 g/mol. The van der Waals surface area contributed by atoms with Crippen LogP contribution in [0.1, 0.15) is 232 Å². The maximum atomic E-state index is 12.8. The summed E-state index contributed by atoms with van der Waals surface area (Å²) in [7, 11) is 1.47. The maximum Gasteiger partial charge on any atom is 0.472 e. The van der Waals surface area contributed by atoms with Gasteiger partial charge in [0, 0.05) is 12.8 Å². The zero-order valence-corrected chi connectivity index (χ0v) is 43.2. The maximum absolute atomic E-state index is 12.8. The predicted octanol–water partition coefficient (Wildman–Crippen LogP) is 15.8. The SMILES string of the molecule is CCCCC/C=C\C/C=C\CCCCCCCCCC(=O)OCC(COP(=O)(O)OCC[N+](C)(C)C)OC(=O)CCCCCCCCCCCCC/C=C\C/C=C\CCCCCCC. The normalized spacial score (nSPS) is 13.8. The molecule has 0 aliphatic heterocycles. The Morgan fingerprint density at radius 2 is 0.844 bits per heavy atom. The van der Waals surface area contributed by atoms with E-state index in [0.29, 0.717) is 17.4 Å². The molecule has 0 aromatic heterocycles. The second kappa shape index (κ2) is 46.1. The van der Waals surface area contributed by atoms with Gasteiger partial charge in [-0.05, 0) is 77.0 Å². The molecule has 1 N–H and O–H groups in total. The Labute approximate surface area is 394 Å². The molecule has 374 valence electrons. The minimum atomic E-state index is -4.38. The molecule has 0 bridgehead atoms. The van der Waals surface area contributed by atoms with Gasteiger partial charge in [0.1, 0.15) is 19.8 Å². The summed E-state index contributed by atoms with van der Waals surface area (Å²) in [5, 5.41) is 0. The minimum Gasteiger partial charge on any atom is -0.462 e. The lowest BCUT2D eigenvalue weighted by atomic mass is 10.0. The Bertz CT molecular complexity index is 1230. The molecule has 0 spiro atoms. The fraction of sp³-hybridized carbons (Fsp3) is 0.815. The van der Waals surface area contributed by atoms with Crippen LogP contribution in [-0.2, 0) is 32.7 Å². The molecule has 0 heterocycles. The van der Waals surface area contributed by atoms with E-state index >= 15 is 0 Å². The first kappa shape index (κ1) is 62.0. The molecule has 0 fully saturated rings.